The molecule has 0 aromatic heterocycles. The Morgan fingerprint density at radius 3 is 2.47 bits per heavy atom. The smallest absolute Gasteiger partial charge is 0.107 e. The summed E-state index contributed by atoms with van der Waals surface area (Å²) in [6.07, 6.45) is 2.49. The highest BCUT2D eigenvalue weighted by Gasteiger charge is 2.40. The minimum atomic E-state index is -0.628. The molecule has 0 aliphatic carbocycles. The van der Waals surface area contributed by atoms with Crippen LogP contribution in [0.15, 0.2) is 12.2 Å². The highest BCUT2D eigenvalue weighted by Crippen LogP contribution is 2.28. The van der Waals surface area contributed by atoms with E-state index >= 15 is 0 Å². The lowest BCUT2D eigenvalue weighted by Crippen LogP contribution is -2.29. The van der Waals surface area contributed by atoms with Crippen molar-refractivity contribution in [3.63, 3.8) is 0 Å². The number of hydrogen-bond donors (Lipinski definition) is 3. The molecule has 15 heavy (non-hydrogen) atoms. The maximum absolute atomic E-state index is 9.78. The summed E-state index contributed by atoms with van der Waals surface area (Å²) < 4.78 is 5.12. The number of hydrogen-bond acceptors (Lipinski definition) is 4. The van der Waals surface area contributed by atoms with Gasteiger partial charge >= 0.3 is 0 Å². The van der Waals surface area contributed by atoms with Crippen molar-refractivity contribution in [2.75, 3.05) is 6.61 Å². The van der Waals surface area contributed by atoms with Crippen molar-refractivity contribution in [3.8, 4) is 0 Å². The first kappa shape index (κ1) is 12.6. The number of aliphatic hydroxyl groups excluding tert-OH is 3. The third-order valence-electron chi connectivity index (χ3n) is 2.88. The summed E-state index contributed by atoms with van der Waals surface area (Å²) in [6.45, 7) is 3.63. The maximum atomic E-state index is 9.78. The topological polar surface area (TPSA) is 73.2 Å². The third-order valence-corrected chi connectivity index (χ3v) is 2.88. The van der Waals surface area contributed by atoms with Crippen molar-refractivity contribution in [2.45, 2.75) is 44.7 Å². The molecule has 3 N–H and O–H groups in total. The molecule has 4 nitrogen and oxygen atoms in total. The van der Waals surface area contributed by atoms with E-state index in [0.717, 1.165) is 0 Å². The second kappa shape index (κ2) is 5.61. The molecule has 0 aromatic rings. The van der Waals surface area contributed by atoms with E-state index in [1.807, 2.05) is 6.92 Å². The molecular formula is C11H20O4. The minimum Gasteiger partial charge on any atom is -0.394 e. The van der Waals surface area contributed by atoms with Crippen LogP contribution in [0, 0.1) is 5.92 Å². The zero-order valence-electron chi connectivity index (χ0n) is 9.21. The van der Waals surface area contributed by atoms with Gasteiger partial charge in [0.05, 0.1) is 24.9 Å². The van der Waals surface area contributed by atoms with Crippen molar-refractivity contribution in [3.05, 3.63) is 12.2 Å². The maximum Gasteiger partial charge on any atom is 0.107 e. The Morgan fingerprint density at radius 2 is 2.00 bits per heavy atom. The van der Waals surface area contributed by atoms with Gasteiger partial charge < -0.3 is 20.1 Å². The first-order valence-electron chi connectivity index (χ1n) is 5.35. The molecule has 5 atom stereocenters. The van der Waals surface area contributed by atoms with Gasteiger partial charge in [-0.2, -0.15) is 0 Å². The summed E-state index contributed by atoms with van der Waals surface area (Å²) in [4.78, 5) is 0. The average molecular weight is 216 g/mol. The number of rotatable bonds is 6. The summed E-state index contributed by atoms with van der Waals surface area (Å²) in [7, 11) is 0. The Bertz CT molecular complexity index is 217. The van der Waals surface area contributed by atoms with Gasteiger partial charge in [0.25, 0.3) is 0 Å². The molecule has 1 heterocycles. The zero-order chi connectivity index (χ0) is 11.4. The van der Waals surface area contributed by atoms with Crippen molar-refractivity contribution in [1.29, 1.82) is 0 Å². The molecule has 88 valence electrons. The van der Waals surface area contributed by atoms with Gasteiger partial charge in [0.2, 0.25) is 0 Å². The van der Waals surface area contributed by atoms with Crippen LogP contribution < -0.4 is 0 Å². The quantitative estimate of drug-likeness (QED) is 0.434. The molecule has 1 rings (SSSR count). The van der Waals surface area contributed by atoms with Gasteiger partial charge in [0.15, 0.2) is 0 Å². The second-order valence-corrected chi connectivity index (χ2v) is 4.07. The lowest BCUT2D eigenvalue weighted by atomic mass is 9.94. The minimum absolute atomic E-state index is 0.00316. The Balaban J connectivity index is 2.30. The van der Waals surface area contributed by atoms with Crippen LogP contribution in [0.5, 0.6) is 0 Å². The Hall–Kier alpha value is -0.420. The molecule has 0 spiro atoms. The molecule has 0 radical (unpaired) electrons. The van der Waals surface area contributed by atoms with Gasteiger partial charge in [-0.3, -0.25) is 0 Å². The van der Waals surface area contributed by atoms with E-state index in [-0.39, 0.29) is 24.7 Å². The van der Waals surface area contributed by atoms with Crippen molar-refractivity contribution in [1.82, 2.24) is 0 Å². The number of epoxide rings is 1. The lowest BCUT2D eigenvalue weighted by Gasteiger charge is -2.21. The standard InChI is InChI=1S/C11H20O4/c1-3-4-8(13)7(2)9(14)5-10-11(6-12)15-10/h3-4,7-14H,5-6H2,1-2H3/b4-3+/t7-,8+,9-,10-,11-/m1/s1. The van der Waals surface area contributed by atoms with E-state index < -0.39 is 12.2 Å². The van der Waals surface area contributed by atoms with E-state index in [1.54, 1.807) is 19.1 Å². The largest absolute Gasteiger partial charge is 0.394 e. The first-order valence-corrected chi connectivity index (χ1v) is 5.35. The average Bonchev–Trinajstić information content (AvgIpc) is 2.95. The van der Waals surface area contributed by atoms with Gasteiger partial charge in [0.1, 0.15) is 6.10 Å². The molecular weight excluding hydrogens is 196 g/mol. The Morgan fingerprint density at radius 1 is 1.33 bits per heavy atom. The molecule has 0 aromatic carbocycles. The second-order valence-electron chi connectivity index (χ2n) is 4.07. The molecule has 1 saturated heterocycles. The summed E-state index contributed by atoms with van der Waals surface area (Å²) >= 11 is 0. The molecule has 4 heteroatoms. The van der Waals surface area contributed by atoms with Gasteiger partial charge in [-0.05, 0) is 6.92 Å². The monoisotopic (exact) mass is 216 g/mol. The summed E-state index contributed by atoms with van der Waals surface area (Å²) in [5.41, 5.74) is 0. The Labute approximate surface area is 90.2 Å². The van der Waals surface area contributed by atoms with Gasteiger partial charge in [0, 0.05) is 12.3 Å². The van der Waals surface area contributed by atoms with Gasteiger partial charge in [-0.15, -0.1) is 0 Å². The summed E-state index contributed by atoms with van der Waals surface area (Å²) in [6, 6.07) is 0. The van der Waals surface area contributed by atoms with Gasteiger partial charge in [-0.1, -0.05) is 19.1 Å². The normalized spacial score (nSPS) is 31.5. The van der Waals surface area contributed by atoms with Crippen LogP contribution in [0.4, 0.5) is 0 Å². The number of ether oxygens (including phenoxy) is 1. The van der Waals surface area contributed by atoms with Crippen LogP contribution in [-0.4, -0.2) is 46.3 Å². The highest BCUT2D eigenvalue weighted by molar-refractivity contribution is 4.93. The fourth-order valence-electron chi connectivity index (χ4n) is 1.60. The first-order chi connectivity index (χ1) is 7.10. The van der Waals surface area contributed by atoms with Crippen LogP contribution in [-0.2, 0) is 4.74 Å². The van der Waals surface area contributed by atoms with Crippen LogP contribution in [0.3, 0.4) is 0 Å². The molecule has 0 bridgehead atoms. The van der Waals surface area contributed by atoms with Crippen LogP contribution in [0.1, 0.15) is 20.3 Å². The predicted molar refractivity (Wildman–Crippen MR) is 56.4 cm³/mol. The van der Waals surface area contributed by atoms with E-state index in [9.17, 15) is 10.2 Å². The third kappa shape index (κ3) is 3.57. The fourth-order valence-corrected chi connectivity index (χ4v) is 1.60. The molecule has 0 saturated carbocycles. The van der Waals surface area contributed by atoms with Crippen LogP contribution in [0.25, 0.3) is 0 Å². The van der Waals surface area contributed by atoms with E-state index in [2.05, 4.69) is 0 Å². The Kier molecular flexibility index (Phi) is 4.73. The zero-order valence-corrected chi connectivity index (χ0v) is 9.21. The van der Waals surface area contributed by atoms with Gasteiger partial charge in [-0.25, -0.2) is 0 Å². The lowest BCUT2D eigenvalue weighted by molar-refractivity contribution is 0.0355. The molecule has 1 aliphatic rings. The SMILES string of the molecule is C/C=C/[C@H](O)[C@@H](C)[C@H](O)C[C@H]1O[C@@H]1CO. The summed E-state index contributed by atoms with van der Waals surface area (Å²) in [5, 5.41) is 28.1. The molecule has 0 amide bonds. The van der Waals surface area contributed by atoms with E-state index in [4.69, 9.17) is 9.84 Å². The highest BCUT2D eigenvalue weighted by atomic mass is 16.6. The van der Waals surface area contributed by atoms with E-state index in [1.165, 1.54) is 0 Å². The van der Waals surface area contributed by atoms with Crippen LogP contribution in [0.2, 0.25) is 0 Å². The van der Waals surface area contributed by atoms with Crippen molar-refractivity contribution in [2.24, 2.45) is 5.92 Å². The predicted octanol–water partition coefficient (Wildman–Crippen LogP) is 0.0702. The van der Waals surface area contributed by atoms with Crippen LogP contribution >= 0.6 is 0 Å². The summed E-state index contributed by atoms with van der Waals surface area (Å²) in [5.74, 6) is -0.218. The molecule has 0 unspecified atom stereocenters. The number of allylic oxidation sites excluding steroid dienone is 1. The van der Waals surface area contributed by atoms with E-state index in [0.29, 0.717) is 6.42 Å². The van der Waals surface area contributed by atoms with Crippen molar-refractivity contribution >= 4 is 0 Å². The molecule has 1 aliphatic heterocycles. The molecule has 1 fully saturated rings. The fraction of sp³-hybridized carbons (Fsp3) is 0.818. The van der Waals surface area contributed by atoms with Crippen molar-refractivity contribution < 1.29 is 20.1 Å². The number of aliphatic hydroxyl groups is 3.